The fourth-order valence-electron chi connectivity index (χ4n) is 5.46. The van der Waals surface area contributed by atoms with Crippen LogP contribution in [-0.4, -0.2) is 37.0 Å². The fraction of sp³-hybridized carbons (Fsp3) is 0.646. The number of allylic oxidation sites excluding steroid dienone is 16. The molecule has 4 heteroatoms. The molecular weight excluding hydrogens is 641 g/mol. The minimum Gasteiger partial charge on any atom is -0.457 e. The highest BCUT2D eigenvalue weighted by Crippen LogP contribution is 2.11. The van der Waals surface area contributed by atoms with Gasteiger partial charge in [-0.05, 0) is 89.9 Å². The number of hydrogen-bond donors (Lipinski definition) is 1. The van der Waals surface area contributed by atoms with Gasteiger partial charge >= 0.3 is 5.97 Å². The topological polar surface area (TPSA) is 55.8 Å². The van der Waals surface area contributed by atoms with E-state index >= 15 is 0 Å². The number of carbonyl (C=O) groups is 1. The second-order valence-electron chi connectivity index (χ2n) is 13.7. The third-order valence-electron chi connectivity index (χ3n) is 8.64. The molecule has 0 aliphatic rings. The summed E-state index contributed by atoms with van der Waals surface area (Å²) >= 11 is 0. The lowest BCUT2D eigenvalue weighted by molar-refractivity contribution is -0.154. The first kappa shape index (κ1) is 49.3. The van der Waals surface area contributed by atoms with E-state index < -0.39 is 6.10 Å². The van der Waals surface area contributed by atoms with E-state index in [1.165, 1.54) is 70.6 Å². The van der Waals surface area contributed by atoms with Crippen molar-refractivity contribution >= 4 is 5.97 Å². The van der Waals surface area contributed by atoms with Crippen LogP contribution in [-0.2, 0) is 14.3 Å². The van der Waals surface area contributed by atoms with Gasteiger partial charge in [-0.1, -0.05) is 175 Å². The Bertz CT molecular complexity index is 980. The summed E-state index contributed by atoms with van der Waals surface area (Å²) in [4.78, 5) is 12.2. The van der Waals surface area contributed by atoms with Gasteiger partial charge in [0.05, 0.1) is 13.2 Å². The molecule has 1 N–H and O–H groups in total. The normalized spacial score (nSPS) is 13.4. The van der Waals surface area contributed by atoms with E-state index in [2.05, 4.69) is 111 Å². The van der Waals surface area contributed by atoms with Crippen LogP contribution in [0.25, 0.3) is 0 Å². The summed E-state index contributed by atoms with van der Waals surface area (Å²) < 4.78 is 11.1. The first-order valence-corrected chi connectivity index (χ1v) is 21.3. The monoisotopic (exact) mass is 721 g/mol. The molecule has 0 aliphatic carbocycles. The maximum Gasteiger partial charge on any atom is 0.306 e. The number of unbranched alkanes of at least 4 members (excludes halogenated alkanes) is 14. The third-order valence-corrected chi connectivity index (χ3v) is 8.64. The Kier molecular flexibility index (Phi) is 42.2. The van der Waals surface area contributed by atoms with E-state index in [1.807, 2.05) is 0 Å². The average molecular weight is 721 g/mol. The maximum absolute atomic E-state index is 12.2. The van der Waals surface area contributed by atoms with E-state index in [0.29, 0.717) is 13.0 Å². The lowest BCUT2D eigenvalue weighted by Crippen LogP contribution is -2.27. The molecule has 0 bridgehead atoms. The van der Waals surface area contributed by atoms with Crippen molar-refractivity contribution in [1.29, 1.82) is 0 Å². The summed E-state index contributed by atoms with van der Waals surface area (Å²) in [6, 6.07) is 0. The quantitative estimate of drug-likeness (QED) is 0.0392. The molecule has 0 aromatic heterocycles. The van der Waals surface area contributed by atoms with Gasteiger partial charge in [0.1, 0.15) is 6.10 Å². The summed E-state index contributed by atoms with van der Waals surface area (Å²) in [6.07, 6.45) is 63.2. The van der Waals surface area contributed by atoms with Gasteiger partial charge in [-0.15, -0.1) is 0 Å². The molecule has 52 heavy (non-hydrogen) atoms. The van der Waals surface area contributed by atoms with E-state index in [1.54, 1.807) is 0 Å². The number of aliphatic hydroxyl groups excluding tert-OH is 1. The lowest BCUT2D eigenvalue weighted by atomic mass is 10.1. The largest absolute Gasteiger partial charge is 0.457 e. The first-order valence-electron chi connectivity index (χ1n) is 21.3. The average Bonchev–Trinajstić information content (AvgIpc) is 3.15. The molecule has 1 unspecified atom stereocenters. The lowest BCUT2D eigenvalue weighted by Gasteiger charge is -2.15. The summed E-state index contributed by atoms with van der Waals surface area (Å²) in [5, 5.41) is 9.59. The predicted molar refractivity (Wildman–Crippen MR) is 228 cm³/mol. The number of esters is 1. The molecule has 0 aromatic rings. The molecule has 0 aliphatic heterocycles. The van der Waals surface area contributed by atoms with Gasteiger partial charge in [-0.25, -0.2) is 0 Å². The summed E-state index contributed by atoms with van der Waals surface area (Å²) in [6.45, 7) is 5.13. The van der Waals surface area contributed by atoms with Crippen LogP contribution < -0.4 is 0 Å². The maximum atomic E-state index is 12.2. The standard InChI is InChI=1S/C48H80O4/c1-3-5-7-9-11-13-15-17-19-20-21-22-23-24-25-26-27-28-29-30-32-34-36-38-40-42-44-51-46-47(45-49)52-48(50)43-41-39-37-35-33-31-18-16-14-12-10-8-6-4-2/h5,7,10-13,16-19,21-22,24-25,27-28,47,49H,3-4,6,8-9,14-15,20,23,26,29-46H2,1-2H3/b7-5-,12-10-,13-11-,18-16-,19-17-,22-21-,25-24-,28-27-. The van der Waals surface area contributed by atoms with Crippen molar-refractivity contribution in [2.24, 2.45) is 0 Å². The second-order valence-corrected chi connectivity index (χ2v) is 13.7. The molecule has 0 aromatic carbocycles. The highest BCUT2D eigenvalue weighted by atomic mass is 16.6. The van der Waals surface area contributed by atoms with Crippen molar-refractivity contribution in [2.75, 3.05) is 19.8 Å². The zero-order valence-corrected chi connectivity index (χ0v) is 33.8. The summed E-state index contributed by atoms with van der Waals surface area (Å²) in [5.74, 6) is -0.224. The SMILES string of the molecule is CC/C=C\C/C=C\C/C=C\C/C=C\C/C=C\C/C=C\CCCCCCCCCOCC(CO)OC(=O)CCCCCCC/C=C\C/C=C\CCCC. The van der Waals surface area contributed by atoms with Crippen LogP contribution in [0.4, 0.5) is 0 Å². The molecule has 0 heterocycles. The van der Waals surface area contributed by atoms with E-state index in [0.717, 1.165) is 83.5 Å². The van der Waals surface area contributed by atoms with Crippen molar-refractivity contribution in [3.63, 3.8) is 0 Å². The molecule has 296 valence electrons. The Balaban J connectivity index is 3.53. The van der Waals surface area contributed by atoms with Gasteiger partial charge < -0.3 is 14.6 Å². The van der Waals surface area contributed by atoms with Gasteiger partial charge in [-0.2, -0.15) is 0 Å². The molecule has 4 nitrogen and oxygen atoms in total. The molecule has 0 spiro atoms. The molecule has 0 saturated carbocycles. The van der Waals surface area contributed by atoms with Crippen LogP contribution in [0.2, 0.25) is 0 Å². The zero-order chi connectivity index (χ0) is 37.7. The fourth-order valence-corrected chi connectivity index (χ4v) is 5.46. The van der Waals surface area contributed by atoms with Crippen molar-refractivity contribution in [1.82, 2.24) is 0 Å². The molecule has 0 amide bonds. The highest BCUT2D eigenvalue weighted by Gasteiger charge is 2.13. The van der Waals surface area contributed by atoms with E-state index in [-0.39, 0.29) is 19.2 Å². The molecule has 0 saturated heterocycles. The van der Waals surface area contributed by atoms with Gasteiger partial charge in [0.2, 0.25) is 0 Å². The Morgan fingerprint density at radius 1 is 0.481 bits per heavy atom. The highest BCUT2D eigenvalue weighted by molar-refractivity contribution is 5.69. The molecule has 0 radical (unpaired) electrons. The Morgan fingerprint density at radius 3 is 1.31 bits per heavy atom. The molecule has 0 fully saturated rings. The van der Waals surface area contributed by atoms with Crippen LogP contribution in [0.3, 0.4) is 0 Å². The number of ether oxygens (including phenoxy) is 2. The van der Waals surface area contributed by atoms with Crippen LogP contribution in [0.15, 0.2) is 97.2 Å². The number of aliphatic hydroxyl groups is 1. The number of rotatable bonds is 38. The van der Waals surface area contributed by atoms with Gasteiger partial charge in [-0.3, -0.25) is 4.79 Å². The zero-order valence-electron chi connectivity index (χ0n) is 33.8. The van der Waals surface area contributed by atoms with Crippen molar-refractivity contribution in [2.45, 2.75) is 180 Å². The minimum atomic E-state index is -0.554. The Labute approximate surface area is 322 Å². The van der Waals surface area contributed by atoms with Gasteiger partial charge in [0.15, 0.2) is 0 Å². The molecular formula is C48H80O4. The van der Waals surface area contributed by atoms with Crippen molar-refractivity contribution < 1.29 is 19.4 Å². The number of carbonyl (C=O) groups excluding carboxylic acids is 1. The Hall–Kier alpha value is -2.69. The predicted octanol–water partition coefficient (Wildman–Crippen LogP) is 14.1. The first-order chi connectivity index (χ1) is 25.7. The van der Waals surface area contributed by atoms with Crippen molar-refractivity contribution in [3.8, 4) is 0 Å². The van der Waals surface area contributed by atoms with Crippen LogP contribution in [0, 0.1) is 0 Å². The summed E-state index contributed by atoms with van der Waals surface area (Å²) in [7, 11) is 0. The number of hydrogen-bond acceptors (Lipinski definition) is 4. The minimum absolute atomic E-state index is 0.188. The molecule has 1 atom stereocenters. The smallest absolute Gasteiger partial charge is 0.306 e. The second kappa shape index (κ2) is 44.5. The van der Waals surface area contributed by atoms with E-state index in [4.69, 9.17) is 9.47 Å². The van der Waals surface area contributed by atoms with Gasteiger partial charge in [0, 0.05) is 13.0 Å². The summed E-state index contributed by atoms with van der Waals surface area (Å²) in [5.41, 5.74) is 0. The van der Waals surface area contributed by atoms with Crippen LogP contribution >= 0.6 is 0 Å². The molecule has 0 rings (SSSR count). The third kappa shape index (κ3) is 41.7. The van der Waals surface area contributed by atoms with Gasteiger partial charge in [0.25, 0.3) is 0 Å². The van der Waals surface area contributed by atoms with Crippen LogP contribution in [0.1, 0.15) is 174 Å². The van der Waals surface area contributed by atoms with E-state index in [9.17, 15) is 9.90 Å². The Morgan fingerprint density at radius 2 is 0.865 bits per heavy atom. The van der Waals surface area contributed by atoms with Crippen molar-refractivity contribution in [3.05, 3.63) is 97.2 Å². The van der Waals surface area contributed by atoms with Crippen LogP contribution in [0.5, 0.6) is 0 Å².